The summed E-state index contributed by atoms with van der Waals surface area (Å²) in [5.74, 6) is -19.8. The summed E-state index contributed by atoms with van der Waals surface area (Å²) in [5.41, 5.74) is 9.07. The van der Waals surface area contributed by atoms with Crippen molar-refractivity contribution in [3.8, 4) is 5.75 Å². The molecule has 0 aliphatic carbocycles. The number of carbonyl (C=O) groups excluding carboxylic acids is 12. The summed E-state index contributed by atoms with van der Waals surface area (Å²) in [6.45, 7) is 17.0. The van der Waals surface area contributed by atoms with Crippen molar-refractivity contribution >= 4 is 95.6 Å². The van der Waals surface area contributed by atoms with Gasteiger partial charge in [0, 0.05) is 45.4 Å². The topological polar surface area (TPSA) is 308 Å². The number of imide groups is 2. The van der Waals surface area contributed by atoms with E-state index < -0.39 is 87.9 Å². The Bertz CT molecular complexity index is 3330. The fourth-order valence-corrected chi connectivity index (χ4v) is 8.26. The Balaban J connectivity index is 0.000000319. The van der Waals surface area contributed by atoms with Crippen LogP contribution in [0.5, 0.6) is 5.75 Å². The number of esters is 6. The third-order valence-corrected chi connectivity index (χ3v) is 12.5. The van der Waals surface area contributed by atoms with E-state index in [2.05, 4.69) is 24.8 Å². The van der Waals surface area contributed by atoms with Crippen molar-refractivity contribution in [1.29, 1.82) is 0 Å². The van der Waals surface area contributed by atoms with Crippen molar-refractivity contribution in [2.24, 2.45) is 5.73 Å². The van der Waals surface area contributed by atoms with Crippen LogP contribution < -0.4 is 21.1 Å². The van der Waals surface area contributed by atoms with Gasteiger partial charge in [0.15, 0.2) is 0 Å². The second kappa shape index (κ2) is 32.9. The molecule has 0 saturated carbocycles. The third-order valence-electron chi connectivity index (χ3n) is 11.5. The molecule has 1 fully saturated rings. The van der Waals surface area contributed by atoms with E-state index in [1.807, 2.05) is 34.6 Å². The molecule has 0 aromatic heterocycles. The van der Waals surface area contributed by atoms with E-state index in [9.17, 15) is 79.5 Å². The average molecular weight is 1280 g/mol. The second-order valence-electron chi connectivity index (χ2n) is 21.2. The zero-order valence-electron chi connectivity index (χ0n) is 49.3. The summed E-state index contributed by atoms with van der Waals surface area (Å²) >= 11 is 0.647. The molecule has 4 heterocycles. The van der Waals surface area contributed by atoms with Crippen molar-refractivity contribution in [2.75, 3.05) is 44.2 Å². The van der Waals surface area contributed by atoms with Gasteiger partial charge in [0.2, 0.25) is 40.7 Å². The van der Waals surface area contributed by atoms with E-state index in [0.29, 0.717) is 72.7 Å². The lowest BCUT2D eigenvalue weighted by Crippen LogP contribution is -2.40. The molecule has 0 bridgehead atoms. The molecule has 0 atom stereocenters. The summed E-state index contributed by atoms with van der Waals surface area (Å²) in [7, 11) is 0. The molecule has 4 aromatic rings. The molecule has 6 amide bonds. The van der Waals surface area contributed by atoms with E-state index in [-0.39, 0.29) is 90.8 Å². The molecule has 4 N–H and O–H groups in total. The SMILES string of the molecule is CC(C)(C)OC(=O)CCCN.Cc1ccc2c(c1)C(=O)N(CCNC(=O)CSCC(=O)Oc1c(F)c(F)c(F)c(F)c1F)C2=O.Cc1ccc2c(c1)C(=O)N(CCNC(=O)OC(C)(C)C)C2=O.Cc1ccc2c(c1)C(=O)OC2=O.Cl.O=C1CCCC(=O)O1. The van der Waals surface area contributed by atoms with Gasteiger partial charge in [-0.3, -0.25) is 53.0 Å². The summed E-state index contributed by atoms with van der Waals surface area (Å²) < 4.78 is 89.3. The van der Waals surface area contributed by atoms with Gasteiger partial charge in [-0.25, -0.2) is 27.6 Å². The van der Waals surface area contributed by atoms with Gasteiger partial charge in [0.25, 0.3) is 23.6 Å². The Labute approximate surface area is 512 Å². The molecule has 476 valence electrons. The summed E-state index contributed by atoms with van der Waals surface area (Å²) in [6.07, 6.45) is 2.00. The van der Waals surface area contributed by atoms with E-state index >= 15 is 0 Å². The Hall–Kier alpha value is -8.63. The molecule has 0 radical (unpaired) electrons. The molecular weight excluding hydrogens is 1210 g/mol. The highest BCUT2D eigenvalue weighted by atomic mass is 35.5. The van der Waals surface area contributed by atoms with Crippen LogP contribution >= 0.6 is 24.2 Å². The summed E-state index contributed by atoms with van der Waals surface area (Å²) in [5, 5.41) is 4.97. The fourth-order valence-electron chi connectivity index (χ4n) is 7.65. The smallest absolute Gasteiger partial charge is 0.407 e. The van der Waals surface area contributed by atoms with E-state index in [4.69, 9.17) is 15.2 Å². The zero-order chi connectivity index (χ0) is 65.2. The number of alkyl carbamates (subject to hydrolysis) is 1. The first kappa shape index (κ1) is 73.6. The maximum atomic E-state index is 13.5. The number of hydrogen-bond donors (Lipinski definition) is 3. The number of nitrogens with one attached hydrogen (secondary N) is 2. The van der Waals surface area contributed by atoms with Crippen LogP contribution in [0.15, 0.2) is 54.6 Å². The first-order chi connectivity index (χ1) is 40.6. The number of rotatable bonds is 14. The van der Waals surface area contributed by atoms with Gasteiger partial charge in [0.05, 0.1) is 44.9 Å². The lowest BCUT2D eigenvalue weighted by Gasteiger charge is -2.20. The first-order valence-corrected chi connectivity index (χ1v) is 27.8. The van der Waals surface area contributed by atoms with Crippen molar-refractivity contribution < 1.29 is 103 Å². The lowest BCUT2D eigenvalue weighted by molar-refractivity contribution is -0.163. The van der Waals surface area contributed by atoms with Crippen molar-refractivity contribution in [3.63, 3.8) is 0 Å². The summed E-state index contributed by atoms with van der Waals surface area (Å²) in [4.78, 5) is 140. The minimum absolute atomic E-state index is 0. The predicted molar refractivity (Wildman–Crippen MR) is 307 cm³/mol. The third kappa shape index (κ3) is 21.7. The molecule has 4 aliphatic heterocycles. The van der Waals surface area contributed by atoms with Crippen LogP contribution in [0, 0.1) is 49.9 Å². The fraction of sp³-hybridized carbons (Fsp3) is 0.390. The number of halogens is 6. The van der Waals surface area contributed by atoms with Gasteiger partial charge in [-0.2, -0.15) is 8.78 Å². The number of thioether (sulfide) groups is 1. The predicted octanol–water partition coefficient (Wildman–Crippen LogP) is 7.89. The van der Waals surface area contributed by atoms with Crippen LogP contribution in [0.3, 0.4) is 0 Å². The monoisotopic (exact) mass is 1280 g/mol. The number of fused-ring (bicyclic) bond motifs is 3. The Morgan fingerprint density at radius 3 is 1.42 bits per heavy atom. The highest BCUT2D eigenvalue weighted by Crippen LogP contribution is 2.30. The quantitative estimate of drug-likeness (QED) is 0.0158. The molecule has 29 heteroatoms. The van der Waals surface area contributed by atoms with Crippen LogP contribution in [-0.4, -0.2) is 137 Å². The highest BCUT2D eigenvalue weighted by Gasteiger charge is 2.37. The molecule has 8 rings (SSSR count). The standard InChI is InChI=1S/C21H15F5N2O5S.C16H20N2O4.C9H6O3.C8H17NO2.C5H6O3.ClH/c1-9-2-3-10-11(6-9)21(32)28(20(10)31)5-4-27-12(29)7-34-8-13(30)33-19-17(25)15(23)14(22)16(24)18(19)26;1-10-5-6-11-12(9-10)14(20)18(13(11)19)8-7-17-15(21)22-16(2,3)4;1-5-2-3-6-7(4-5)9(11)12-8(6)10;1-8(2,3)11-7(10)5-4-6-9;6-4-2-1-3-5(7)8-4;/h2-3,6H,4-5,7-8H2,1H3,(H,27,29);5-6,9H,7-8H2,1-4H3,(H,17,21);2-4H,1H3;4-6,9H2,1-3H3;1-3H2;1H. The minimum atomic E-state index is -2.39. The Morgan fingerprint density at radius 1 is 0.557 bits per heavy atom. The molecule has 88 heavy (non-hydrogen) atoms. The van der Waals surface area contributed by atoms with Crippen molar-refractivity contribution in [3.05, 3.63) is 134 Å². The molecule has 22 nitrogen and oxygen atoms in total. The van der Waals surface area contributed by atoms with Gasteiger partial charge < -0.3 is 40.1 Å². The number of hydrogen-bond acceptors (Lipinski definition) is 19. The zero-order valence-corrected chi connectivity index (χ0v) is 50.9. The second-order valence-corrected chi connectivity index (χ2v) is 22.2. The van der Waals surface area contributed by atoms with Crippen LogP contribution in [-0.2, 0) is 42.9 Å². The number of cyclic esters (lactones) is 4. The number of benzene rings is 4. The van der Waals surface area contributed by atoms with Crippen LogP contribution in [0.1, 0.15) is 152 Å². The number of carbonyl (C=O) groups is 12. The van der Waals surface area contributed by atoms with Gasteiger partial charge in [-0.1, -0.05) is 34.9 Å². The van der Waals surface area contributed by atoms with Gasteiger partial charge in [0.1, 0.15) is 11.2 Å². The molecule has 0 spiro atoms. The number of nitrogens with two attached hydrogens (primary N) is 1. The number of ether oxygens (including phenoxy) is 5. The summed E-state index contributed by atoms with van der Waals surface area (Å²) in [6, 6.07) is 15.0. The maximum Gasteiger partial charge on any atom is 0.407 e. The Morgan fingerprint density at radius 2 is 0.977 bits per heavy atom. The number of amides is 6. The molecule has 4 aliphatic rings. The van der Waals surface area contributed by atoms with Crippen molar-refractivity contribution in [2.45, 2.75) is 106 Å². The minimum Gasteiger partial charge on any atom is -0.460 e. The first-order valence-electron chi connectivity index (χ1n) is 26.6. The van der Waals surface area contributed by atoms with Crippen molar-refractivity contribution in [1.82, 2.24) is 20.4 Å². The number of nitrogens with zero attached hydrogens (tertiary/aromatic N) is 2. The Kier molecular flexibility index (Phi) is 27.5. The van der Waals surface area contributed by atoms with Gasteiger partial charge in [-0.15, -0.1) is 24.2 Å². The molecule has 0 unspecified atom stereocenters. The van der Waals surface area contributed by atoms with E-state index in [1.54, 1.807) is 82.3 Å². The van der Waals surface area contributed by atoms with E-state index in [1.165, 1.54) is 0 Å². The number of aryl methyl sites for hydroxylation is 3. The molecule has 1 saturated heterocycles. The lowest BCUT2D eigenvalue weighted by atomic mass is 10.1. The van der Waals surface area contributed by atoms with E-state index in [0.717, 1.165) is 26.5 Å². The van der Waals surface area contributed by atoms with Crippen LogP contribution in [0.2, 0.25) is 0 Å². The maximum absolute atomic E-state index is 13.5. The van der Waals surface area contributed by atoms with Gasteiger partial charge >= 0.3 is 41.9 Å². The highest BCUT2D eigenvalue weighted by molar-refractivity contribution is 8.00. The van der Waals surface area contributed by atoms with Crippen LogP contribution in [0.25, 0.3) is 0 Å². The van der Waals surface area contributed by atoms with Crippen LogP contribution in [0.4, 0.5) is 26.7 Å². The molecule has 4 aromatic carbocycles. The average Bonchev–Trinajstić information content (AvgIpc) is 2.05. The van der Waals surface area contributed by atoms with Gasteiger partial charge in [-0.05, 0) is 118 Å². The largest absolute Gasteiger partial charge is 0.460 e. The normalized spacial score (nSPS) is 13.7. The molecular formula is C59H65ClF5N5O17S.